The minimum Gasteiger partial charge on any atom is -0.336 e. The lowest BCUT2D eigenvalue weighted by Crippen LogP contribution is -2.50. The smallest absolute Gasteiger partial charge is 0.256 e. The third kappa shape index (κ3) is 11.4. The lowest BCUT2D eigenvalue weighted by atomic mass is 10.1. The lowest BCUT2D eigenvalue weighted by molar-refractivity contribution is 0.0693. The molecule has 0 aliphatic carbocycles. The summed E-state index contributed by atoms with van der Waals surface area (Å²) in [7, 11) is -3.64. The van der Waals surface area contributed by atoms with Crippen molar-refractivity contribution in [3.8, 4) is 0 Å². The van der Waals surface area contributed by atoms with E-state index in [0.29, 0.717) is 17.1 Å². The van der Waals surface area contributed by atoms with Gasteiger partial charge in [-0.15, -0.1) is 0 Å². The Labute approximate surface area is 309 Å². The van der Waals surface area contributed by atoms with E-state index in [1.165, 1.54) is 74.3 Å². The molecule has 0 unspecified atom stereocenters. The van der Waals surface area contributed by atoms with Crippen molar-refractivity contribution < 1.29 is 26.8 Å². The number of hydrogen-bond donors (Lipinski definition) is 0. The fraction of sp³-hybridized carbons (Fsp3) is 0.316. The standard InChI is InChI=1S/C19H21FN2OS.C17H16ClFN2O3S.C2H6/c1-15-2-8-18(9-3-15)24-22-12-10-21(11-13-22)14-19(23)16-4-6-17(20)7-5-16;18-13-5-7-14(8-6-13)25(23,24)21-11-9-20(10-12-21)17(22)15-3-1-2-4-16(15)19;1-2/h2-9H,10-14H2,1H3;1-8H,9-12H2;1-2H3. The number of carbonyl (C=O) groups is 2. The lowest BCUT2D eigenvalue weighted by Gasteiger charge is -2.34. The number of rotatable bonds is 8. The first-order valence-electron chi connectivity index (χ1n) is 16.8. The molecule has 1 amide bonds. The van der Waals surface area contributed by atoms with Gasteiger partial charge >= 0.3 is 0 Å². The van der Waals surface area contributed by atoms with E-state index in [0.717, 1.165) is 26.2 Å². The van der Waals surface area contributed by atoms with Crippen molar-refractivity contribution >= 4 is 45.3 Å². The molecule has 51 heavy (non-hydrogen) atoms. The van der Waals surface area contributed by atoms with E-state index < -0.39 is 21.7 Å². The number of halogens is 3. The predicted molar refractivity (Wildman–Crippen MR) is 200 cm³/mol. The minimum absolute atomic E-state index is 0.00323. The van der Waals surface area contributed by atoms with Crippen LogP contribution in [0, 0.1) is 18.6 Å². The molecule has 8 nitrogen and oxygen atoms in total. The molecule has 0 radical (unpaired) electrons. The average molecular weight is 757 g/mol. The van der Waals surface area contributed by atoms with Gasteiger partial charge < -0.3 is 4.90 Å². The number of amides is 1. The summed E-state index contributed by atoms with van der Waals surface area (Å²) in [4.78, 5) is 29.7. The monoisotopic (exact) mass is 756 g/mol. The maximum atomic E-state index is 13.8. The number of carbonyl (C=O) groups excluding carboxylic acids is 2. The van der Waals surface area contributed by atoms with Crippen molar-refractivity contribution in [1.29, 1.82) is 0 Å². The van der Waals surface area contributed by atoms with Gasteiger partial charge in [0, 0.05) is 67.8 Å². The normalized spacial score (nSPS) is 15.6. The van der Waals surface area contributed by atoms with Crippen molar-refractivity contribution in [2.45, 2.75) is 30.6 Å². The van der Waals surface area contributed by atoms with Gasteiger partial charge in [-0.05, 0) is 91.7 Å². The van der Waals surface area contributed by atoms with E-state index in [9.17, 15) is 26.8 Å². The van der Waals surface area contributed by atoms with Crippen LogP contribution in [0.5, 0.6) is 0 Å². The van der Waals surface area contributed by atoms with Crippen molar-refractivity contribution in [3.63, 3.8) is 0 Å². The topological polar surface area (TPSA) is 81.2 Å². The summed E-state index contributed by atoms with van der Waals surface area (Å²) in [6, 6.07) is 26.0. The van der Waals surface area contributed by atoms with Crippen molar-refractivity contribution in [1.82, 2.24) is 18.4 Å². The molecular weight excluding hydrogens is 714 g/mol. The fourth-order valence-electron chi connectivity index (χ4n) is 5.35. The molecule has 2 aliphatic rings. The molecule has 0 aromatic heterocycles. The number of Topliss-reactive ketones (excluding diaryl/α,β-unsaturated/α-hetero) is 1. The summed E-state index contributed by atoms with van der Waals surface area (Å²) >= 11 is 7.56. The molecule has 272 valence electrons. The van der Waals surface area contributed by atoms with Gasteiger partial charge in [0.05, 0.1) is 17.0 Å². The second-order valence-electron chi connectivity index (χ2n) is 11.7. The third-order valence-electron chi connectivity index (χ3n) is 8.20. The van der Waals surface area contributed by atoms with Crippen LogP contribution < -0.4 is 0 Å². The number of hydrogen-bond acceptors (Lipinski definition) is 7. The van der Waals surface area contributed by atoms with E-state index in [2.05, 4.69) is 40.4 Å². The second-order valence-corrected chi connectivity index (χ2v) is 15.2. The highest BCUT2D eigenvalue weighted by molar-refractivity contribution is 7.97. The van der Waals surface area contributed by atoms with Crippen LogP contribution in [0.4, 0.5) is 8.78 Å². The van der Waals surface area contributed by atoms with Gasteiger partial charge in [0.25, 0.3) is 5.91 Å². The molecule has 13 heteroatoms. The average Bonchev–Trinajstić information content (AvgIpc) is 3.15. The second kappa shape index (κ2) is 19.3. The molecule has 0 bridgehead atoms. The molecule has 0 atom stereocenters. The molecule has 0 spiro atoms. The summed E-state index contributed by atoms with van der Waals surface area (Å²) in [6.07, 6.45) is 0. The zero-order valence-corrected chi connectivity index (χ0v) is 31.4. The Morgan fingerprint density at radius 1 is 0.745 bits per heavy atom. The molecule has 2 saturated heterocycles. The molecular formula is C38H43ClF2N4O4S2. The summed E-state index contributed by atoms with van der Waals surface area (Å²) in [5, 5.41) is 0.458. The Hall–Kier alpha value is -3.65. The van der Waals surface area contributed by atoms with Crippen LogP contribution in [0.2, 0.25) is 5.02 Å². The first-order chi connectivity index (χ1) is 24.5. The largest absolute Gasteiger partial charge is 0.336 e. The van der Waals surface area contributed by atoms with Crippen LogP contribution in [0.3, 0.4) is 0 Å². The zero-order chi connectivity index (χ0) is 37.0. The molecule has 2 fully saturated rings. The molecule has 0 saturated carbocycles. The van der Waals surface area contributed by atoms with E-state index in [1.807, 2.05) is 13.8 Å². The Morgan fingerprint density at radius 2 is 1.33 bits per heavy atom. The van der Waals surface area contributed by atoms with Gasteiger partial charge in [-0.25, -0.2) is 21.5 Å². The van der Waals surface area contributed by atoms with Crippen LogP contribution in [0.25, 0.3) is 0 Å². The maximum absolute atomic E-state index is 13.8. The number of piperazine rings is 2. The SMILES string of the molecule is CC.Cc1ccc(SN2CCN(CC(=O)c3ccc(F)cc3)CC2)cc1.O=C(c1ccccc1F)N1CCN(S(=O)(=O)c2ccc(Cl)cc2)CC1. The molecule has 4 aromatic rings. The van der Waals surface area contributed by atoms with Crippen LogP contribution in [0.1, 0.15) is 40.1 Å². The van der Waals surface area contributed by atoms with Gasteiger partial charge in [-0.2, -0.15) is 4.31 Å². The number of sulfonamides is 1. The Morgan fingerprint density at radius 3 is 1.92 bits per heavy atom. The number of ketones is 1. The summed E-state index contributed by atoms with van der Waals surface area (Å²) in [5.41, 5.74) is 1.84. The van der Waals surface area contributed by atoms with Crippen molar-refractivity contribution in [2.75, 3.05) is 58.9 Å². The molecule has 0 N–H and O–H groups in total. The highest BCUT2D eigenvalue weighted by atomic mass is 35.5. The summed E-state index contributed by atoms with van der Waals surface area (Å²) in [5.74, 6) is -1.27. The number of aryl methyl sites for hydroxylation is 1. The van der Waals surface area contributed by atoms with Crippen LogP contribution in [-0.2, 0) is 10.0 Å². The van der Waals surface area contributed by atoms with Crippen molar-refractivity contribution in [2.24, 2.45) is 0 Å². The molecule has 4 aromatic carbocycles. The number of nitrogens with zero attached hydrogens (tertiary/aromatic N) is 4. The maximum Gasteiger partial charge on any atom is 0.256 e. The van der Waals surface area contributed by atoms with Gasteiger partial charge in [0.15, 0.2) is 5.78 Å². The van der Waals surface area contributed by atoms with Crippen LogP contribution in [-0.4, -0.2) is 97.4 Å². The van der Waals surface area contributed by atoms with Gasteiger partial charge in [-0.1, -0.05) is 55.3 Å². The highest BCUT2D eigenvalue weighted by Crippen LogP contribution is 2.24. The quantitative estimate of drug-likeness (QED) is 0.138. The van der Waals surface area contributed by atoms with Gasteiger partial charge in [0.2, 0.25) is 10.0 Å². The third-order valence-corrected chi connectivity index (χ3v) is 11.5. The fourth-order valence-corrected chi connectivity index (χ4v) is 7.80. The number of benzene rings is 4. The van der Waals surface area contributed by atoms with E-state index in [-0.39, 0.29) is 48.2 Å². The summed E-state index contributed by atoms with van der Waals surface area (Å²) < 4.78 is 55.6. The van der Waals surface area contributed by atoms with Gasteiger partial charge in [-0.3, -0.25) is 14.5 Å². The molecule has 6 rings (SSSR count). The molecule has 2 aliphatic heterocycles. The molecule has 2 heterocycles. The Bertz CT molecular complexity index is 1830. The highest BCUT2D eigenvalue weighted by Gasteiger charge is 2.31. The van der Waals surface area contributed by atoms with E-state index in [1.54, 1.807) is 30.1 Å². The minimum atomic E-state index is -3.64. The predicted octanol–water partition coefficient (Wildman–Crippen LogP) is 7.29. The van der Waals surface area contributed by atoms with Crippen molar-refractivity contribution in [3.05, 3.63) is 130 Å². The van der Waals surface area contributed by atoms with Crippen LogP contribution in [0.15, 0.2) is 107 Å². The first-order valence-corrected chi connectivity index (χ1v) is 19.4. The summed E-state index contributed by atoms with van der Waals surface area (Å²) in [6.45, 7) is 10.8. The Kier molecular flexibility index (Phi) is 15.2. The Balaban J connectivity index is 0.000000218. The van der Waals surface area contributed by atoms with Crippen LogP contribution >= 0.6 is 23.5 Å². The van der Waals surface area contributed by atoms with E-state index in [4.69, 9.17) is 11.6 Å². The van der Waals surface area contributed by atoms with Gasteiger partial charge in [0.1, 0.15) is 11.6 Å². The first kappa shape index (κ1) is 40.1. The zero-order valence-electron chi connectivity index (χ0n) is 29.0. The van der Waals surface area contributed by atoms with E-state index >= 15 is 0 Å².